The molecule has 0 saturated carbocycles. The molecule has 0 saturated heterocycles. The van der Waals surface area contributed by atoms with Gasteiger partial charge in [0.25, 0.3) is 5.56 Å². The van der Waals surface area contributed by atoms with Crippen molar-refractivity contribution in [2.45, 2.75) is 38.6 Å². The average molecular weight is 476 g/mol. The molecule has 4 N–H and O–H groups in total. The minimum atomic E-state index is -1.84. The summed E-state index contributed by atoms with van der Waals surface area (Å²) in [7, 11) is 3.86. The highest BCUT2D eigenvalue weighted by Crippen LogP contribution is 2.39. The quantitative estimate of drug-likeness (QED) is 0.428. The number of esters is 1. The molecule has 2 aliphatic heterocycles. The van der Waals surface area contributed by atoms with E-state index in [1.54, 1.807) is 29.7 Å². The van der Waals surface area contributed by atoms with Crippen molar-refractivity contribution >= 4 is 29.3 Å². The summed E-state index contributed by atoms with van der Waals surface area (Å²) >= 11 is 0. The van der Waals surface area contributed by atoms with Crippen molar-refractivity contribution < 1.29 is 25.2 Å². The predicted octanol–water partition coefficient (Wildman–Crippen LogP) is 1.44. The lowest BCUT2D eigenvalue weighted by Gasteiger charge is -2.31. The maximum absolute atomic E-state index is 13.2. The van der Waals surface area contributed by atoms with E-state index in [2.05, 4.69) is 0 Å². The highest BCUT2D eigenvalue weighted by molar-refractivity contribution is 5.89. The number of rotatable bonds is 3. The number of aliphatic hydroxyl groups is 1. The number of hydrogen-bond donors (Lipinski definition) is 2. The SMILES string of the molecule is CC[C@@]1(O)C(=O)OCc2c1cc1n(c2=O)Cc2cc3c(CN(C)C)c(O)ccc3nc2-1.Cl.O. The number of carbonyl (C=O) groups excluding carboxylic acids is 1. The smallest absolute Gasteiger partial charge is 0.343 e. The zero-order valence-electron chi connectivity index (χ0n) is 18.5. The van der Waals surface area contributed by atoms with Gasteiger partial charge in [-0.1, -0.05) is 6.92 Å². The number of phenols is 1. The normalized spacial score (nSPS) is 18.2. The number of benzene rings is 1. The number of phenolic OH excluding ortho intramolecular Hbond substituents is 1. The van der Waals surface area contributed by atoms with Crippen LogP contribution in [0.1, 0.15) is 35.6 Å². The van der Waals surface area contributed by atoms with Gasteiger partial charge in [-0.05, 0) is 44.8 Å². The Kier molecular flexibility index (Phi) is 6.29. The van der Waals surface area contributed by atoms with Crippen molar-refractivity contribution in [3.05, 3.63) is 56.9 Å². The lowest BCUT2D eigenvalue weighted by molar-refractivity contribution is -0.172. The highest BCUT2D eigenvalue weighted by Gasteiger charge is 2.45. The first-order valence-electron chi connectivity index (χ1n) is 10.2. The molecule has 33 heavy (non-hydrogen) atoms. The number of aromatic hydroxyl groups is 1. The van der Waals surface area contributed by atoms with Crippen LogP contribution in [0.2, 0.25) is 0 Å². The summed E-state index contributed by atoms with van der Waals surface area (Å²) in [5.41, 5.74) is 2.03. The Morgan fingerprint density at radius 1 is 1.24 bits per heavy atom. The molecule has 1 atom stereocenters. The van der Waals surface area contributed by atoms with Crippen LogP contribution in [0.15, 0.2) is 29.1 Å². The Hall–Kier alpha value is -2.98. The van der Waals surface area contributed by atoms with Crippen molar-refractivity contribution in [2.24, 2.45) is 0 Å². The maximum atomic E-state index is 13.2. The van der Waals surface area contributed by atoms with Gasteiger partial charge in [-0.15, -0.1) is 12.4 Å². The lowest BCUT2D eigenvalue weighted by Crippen LogP contribution is -2.44. The predicted molar refractivity (Wildman–Crippen MR) is 124 cm³/mol. The second-order valence-electron chi connectivity index (χ2n) is 8.47. The highest BCUT2D eigenvalue weighted by atomic mass is 35.5. The zero-order valence-corrected chi connectivity index (χ0v) is 19.3. The van der Waals surface area contributed by atoms with Crippen LogP contribution in [0, 0.1) is 0 Å². The summed E-state index contributed by atoms with van der Waals surface area (Å²) in [4.78, 5) is 32.3. The van der Waals surface area contributed by atoms with Crippen LogP contribution in [0.3, 0.4) is 0 Å². The van der Waals surface area contributed by atoms with Gasteiger partial charge in [0.15, 0.2) is 5.60 Å². The first kappa shape index (κ1) is 24.7. The summed E-state index contributed by atoms with van der Waals surface area (Å²) < 4.78 is 6.71. The zero-order chi connectivity index (χ0) is 22.1. The number of halogens is 1. The fourth-order valence-electron chi connectivity index (χ4n) is 4.58. The first-order chi connectivity index (χ1) is 14.7. The molecule has 0 aliphatic carbocycles. The van der Waals surface area contributed by atoms with Crippen LogP contribution in [-0.2, 0) is 34.8 Å². The molecule has 0 radical (unpaired) electrons. The Bertz CT molecular complexity index is 1340. The van der Waals surface area contributed by atoms with Gasteiger partial charge in [-0.25, -0.2) is 9.78 Å². The number of cyclic esters (lactones) is 1. The fraction of sp³-hybridized carbons (Fsp3) is 0.348. The number of ether oxygens (including phenoxy) is 1. The van der Waals surface area contributed by atoms with Crippen molar-refractivity contribution in [1.29, 1.82) is 0 Å². The van der Waals surface area contributed by atoms with E-state index >= 15 is 0 Å². The van der Waals surface area contributed by atoms with E-state index < -0.39 is 11.6 Å². The van der Waals surface area contributed by atoms with Crippen LogP contribution in [0.4, 0.5) is 0 Å². The molecule has 5 rings (SSSR count). The molecule has 0 amide bonds. The van der Waals surface area contributed by atoms with E-state index in [1.165, 1.54) is 0 Å². The molecule has 3 aromatic rings. The standard InChI is InChI=1S/C23H23N3O5.ClH.H2O/c1-4-23(30)16-8-18-20-12(9-26(18)21(28)15(16)11-31-22(23)29)7-13-14(10-25(2)3)19(27)6-5-17(13)24-20;;/h5-8,27,30H,4,9-11H2,1-3H3;1H;1H2/t23-;;/m0../s1. The van der Waals surface area contributed by atoms with Crippen LogP contribution in [0.5, 0.6) is 5.75 Å². The molecule has 9 nitrogen and oxygen atoms in total. The third kappa shape index (κ3) is 3.48. The van der Waals surface area contributed by atoms with Crippen molar-refractivity contribution in [3.63, 3.8) is 0 Å². The number of aromatic nitrogens is 2. The van der Waals surface area contributed by atoms with E-state index in [9.17, 15) is 19.8 Å². The third-order valence-corrected chi connectivity index (χ3v) is 6.25. The van der Waals surface area contributed by atoms with E-state index in [1.807, 2.05) is 25.1 Å². The van der Waals surface area contributed by atoms with E-state index in [0.29, 0.717) is 41.1 Å². The molecule has 4 heterocycles. The molecule has 176 valence electrons. The van der Waals surface area contributed by atoms with E-state index in [-0.39, 0.29) is 42.2 Å². The molecule has 2 aromatic heterocycles. The van der Waals surface area contributed by atoms with Crippen LogP contribution < -0.4 is 5.56 Å². The second-order valence-corrected chi connectivity index (χ2v) is 8.47. The van der Waals surface area contributed by atoms with E-state index in [0.717, 1.165) is 16.5 Å². The Balaban J connectivity index is 0.00000153. The molecule has 0 spiro atoms. The van der Waals surface area contributed by atoms with Crippen LogP contribution in [0.25, 0.3) is 22.3 Å². The Morgan fingerprint density at radius 2 is 1.97 bits per heavy atom. The first-order valence-corrected chi connectivity index (χ1v) is 10.2. The summed E-state index contributed by atoms with van der Waals surface area (Å²) in [6.07, 6.45) is 0.104. The molecular weight excluding hydrogens is 450 g/mol. The molecule has 0 bridgehead atoms. The van der Waals surface area contributed by atoms with Gasteiger partial charge in [0, 0.05) is 28.6 Å². The number of hydrogen-bond acceptors (Lipinski definition) is 7. The number of pyridine rings is 2. The van der Waals surface area contributed by atoms with E-state index in [4.69, 9.17) is 9.72 Å². The van der Waals surface area contributed by atoms with Gasteiger partial charge < -0.3 is 29.9 Å². The van der Waals surface area contributed by atoms with Crippen LogP contribution >= 0.6 is 12.4 Å². The number of carbonyl (C=O) groups is 1. The minimum absolute atomic E-state index is 0. The van der Waals surface area contributed by atoms with Crippen LogP contribution in [-0.4, -0.2) is 50.2 Å². The summed E-state index contributed by atoms with van der Waals surface area (Å²) in [5, 5.41) is 22.2. The number of nitrogens with zero attached hydrogens (tertiary/aromatic N) is 3. The van der Waals surface area contributed by atoms with Gasteiger partial charge in [0.1, 0.15) is 12.4 Å². The number of fused-ring (bicyclic) bond motifs is 5. The Morgan fingerprint density at radius 3 is 2.64 bits per heavy atom. The average Bonchev–Trinajstić information content (AvgIpc) is 3.10. The minimum Gasteiger partial charge on any atom is -0.508 e. The second kappa shape index (κ2) is 8.42. The third-order valence-electron chi connectivity index (χ3n) is 6.25. The van der Waals surface area contributed by atoms with Gasteiger partial charge in [-0.2, -0.15) is 0 Å². The van der Waals surface area contributed by atoms with Crippen molar-refractivity contribution in [2.75, 3.05) is 14.1 Å². The molecule has 2 aliphatic rings. The van der Waals surface area contributed by atoms with Gasteiger partial charge in [-0.3, -0.25) is 4.79 Å². The summed E-state index contributed by atoms with van der Waals surface area (Å²) in [5.74, 6) is -0.532. The van der Waals surface area contributed by atoms with Gasteiger partial charge in [0.2, 0.25) is 0 Å². The molecular formula is C23H26ClN3O6. The van der Waals surface area contributed by atoms with Crippen molar-refractivity contribution in [1.82, 2.24) is 14.5 Å². The monoisotopic (exact) mass is 475 g/mol. The fourth-order valence-corrected chi connectivity index (χ4v) is 4.58. The largest absolute Gasteiger partial charge is 0.508 e. The van der Waals surface area contributed by atoms with Gasteiger partial charge in [0.05, 0.1) is 29.0 Å². The summed E-state index contributed by atoms with van der Waals surface area (Å²) in [6, 6.07) is 7.05. The molecule has 0 fully saturated rings. The lowest BCUT2D eigenvalue weighted by atomic mass is 9.86. The Labute approximate surface area is 196 Å². The van der Waals surface area contributed by atoms with Gasteiger partial charge >= 0.3 is 5.97 Å². The molecule has 0 unspecified atom stereocenters. The maximum Gasteiger partial charge on any atom is 0.343 e. The molecule has 10 heteroatoms. The van der Waals surface area contributed by atoms with Crippen molar-refractivity contribution in [3.8, 4) is 17.1 Å². The summed E-state index contributed by atoms with van der Waals surface area (Å²) in [6.45, 7) is 2.41. The molecule has 1 aromatic carbocycles. The topological polar surface area (TPSA) is 136 Å².